The van der Waals surface area contributed by atoms with Crippen molar-refractivity contribution in [3.8, 4) is 10.8 Å². The predicted octanol–water partition coefficient (Wildman–Crippen LogP) is 1.00. The van der Waals surface area contributed by atoms with Gasteiger partial charge in [0.2, 0.25) is 0 Å². The van der Waals surface area contributed by atoms with Gasteiger partial charge in [-0.2, -0.15) is 5.10 Å². The molecule has 0 aromatic carbocycles. The predicted molar refractivity (Wildman–Crippen MR) is 50.9 cm³/mol. The van der Waals surface area contributed by atoms with Gasteiger partial charge in [-0.3, -0.25) is 5.10 Å². The molecule has 0 radical (unpaired) electrons. The van der Waals surface area contributed by atoms with Crippen LogP contribution in [0.1, 0.15) is 10.6 Å². The van der Waals surface area contributed by atoms with Crippen LogP contribution in [0.15, 0.2) is 6.33 Å². The summed E-state index contributed by atoms with van der Waals surface area (Å²) in [6.45, 7) is 1.45. The van der Waals surface area contributed by atoms with E-state index in [1.807, 2.05) is 0 Å². The summed E-state index contributed by atoms with van der Waals surface area (Å²) in [6.07, 6.45) is 2.40. The molecule has 2 aromatic heterocycles. The number of aromatic amines is 1. The van der Waals surface area contributed by atoms with Crippen molar-refractivity contribution in [1.82, 2.24) is 20.2 Å². The summed E-state index contributed by atoms with van der Waals surface area (Å²) in [6, 6.07) is 0. The van der Waals surface area contributed by atoms with Gasteiger partial charge in [-0.15, -0.1) is 11.3 Å². The number of H-pyrrole nitrogens is 1. The molecule has 0 atom stereocenters. The van der Waals surface area contributed by atoms with Crippen LogP contribution in [-0.2, 0) is 17.8 Å². The molecule has 14 heavy (non-hydrogen) atoms. The molecule has 1 aliphatic rings. The van der Waals surface area contributed by atoms with Gasteiger partial charge in [-0.05, 0) is 0 Å². The fourth-order valence-electron chi connectivity index (χ4n) is 1.43. The lowest BCUT2D eigenvalue weighted by Gasteiger charge is -2.08. The Morgan fingerprint density at radius 3 is 3.29 bits per heavy atom. The summed E-state index contributed by atoms with van der Waals surface area (Å²) in [5.41, 5.74) is 1.15. The molecule has 0 spiro atoms. The van der Waals surface area contributed by atoms with E-state index in [0.717, 1.165) is 29.6 Å². The molecule has 3 heterocycles. The van der Waals surface area contributed by atoms with Gasteiger partial charge < -0.3 is 4.74 Å². The minimum absolute atomic E-state index is 0.682. The average molecular weight is 208 g/mol. The third kappa shape index (κ3) is 1.23. The highest BCUT2D eigenvalue weighted by atomic mass is 32.1. The van der Waals surface area contributed by atoms with Crippen molar-refractivity contribution in [2.24, 2.45) is 0 Å². The van der Waals surface area contributed by atoms with Crippen LogP contribution >= 0.6 is 11.3 Å². The lowest BCUT2D eigenvalue weighted by molar-refractivity contribution is 0.112. The number of ether oxygens (including phenoxy) is 1. The summed E-state index contributed by atoms with van der Waals surface area (Å²) in [5, 5.41) is 7.51. The Kier molecular flexibility index (Phi) is 1.81. The molecule has 1 N–H and O–H groups in total. The van der Waals surface area contributed by atoms with Crippen molar-refractivity contribution in [1.29, 1.82) is 0 Å². The van der Waals surface area contributed by atoms with Crippen molar-refractivity contribution in [3.05, 3.63) is 16.9 Å². The molecule has 0 amide bonds. The zero-order valence-electron chi connectivity index (χ0n) is 7.36. The van der Waals surface area contributed by atoms with Crippen LogP contribution < -0.4 is 0 Å². The standard InChI is InChI=1S/C8H8N4OS/c1-2-13-3-6-5(1)11-8(14-6)7-9-4-10-12-7/h4H,1-3H2,(H,9,10,12). The molecule has 0 unspecified atom stereocenters. The molecular weight excluding hydrogens is 200 g/mol. The van der Waals surface area contributed by atoms with Gasteiger partial charge in [-0.1, -0.05) is 0 Å². The second-order valence-electron chi connectivity index (χ2n) is 3.03. The van der Waals surface area contributed by atoms with Crippen molar-refractivity contribution in [2.45, 2.75) is 13.0 Å². The van der Waals surface area contributed by atoms with Crippen molar-refractivity contribution in [2.75, 3.05) is 6.61 Å². The van der Waals surface area contributed by atoms with Crippen LogP contribution in [0.5, 0.6) is 0 Å². The van der Waals surface area contributed by atoms with E-state index < -0.39 is 0 Å². The second-order valence-corrected chi connectivity index (χ2v) is 4.11. The number of hydrogen-bond donors (Lipinski definition) is 1. The molecule has 0 bridgehead atoms. The maximum atomic E-state index is 5.35. The van der Waals surface area contributed by atoms with E-state index >= 15 is 0 Å². The zero-order chi connectivity index (χ0) is 9.38. The number of thiazole rings is 1. The van der Waals surface area contributed by atoms with Crippen LogP contribution in [0.25, 0.3) is 10.8 Å². The fraction of sp³-hybridized carbons (Fsp3) is 0.375. The van der Waals surface area contributed by atoms with Crippen molar-refractivity contribution >= 4 is 11.3 Å². The minimum atomic E-state index is 0.682. The first kappa shape index (κ1) is 8.07. The third-order valence-electron chi connectivity index (χ3n) is 2.11. The number of nitrogens with zero attached hydrogens (tertiary/aromatic N) is 3. The smallest absolute Gasteiger partial charge is 0.184 e. The maximum Gasteiger partial charge on any atom is 0.184 e. The molecule has 72 valence electrons. The number of rotatable bonds is 1. The van der Waals surface area contributed by atoms with E-state index in [0.29, 0.717) is 6.61 Å². The van der Waals surface area contributed by atoms with Gasteiger partial charge in [0.15, 0.2) is 10.8 Å². The summed E-state index contributed by atoms with van der Waals surface area (Å²) < 4.78 is 5.35. The van der Waals surface area contributed by atoms with E-state index in [1.54, 1.807) is 11.3 Å². The van der Waals surface area contributed by atoms with E-state index in [9.17, 15) is 0 Å². The normalized spacial score (nSPS) is 15.4. The minimum Gasteiger partial charge on any atom is -0.375 e. The number of aromatic nitrogens is 4. The van der Waals surface area contributed by atoms with Gasteiger partial charge in [0.05, 0.1) is 23.8 Å². The molecule has 1 aliphatic heterocycles. The summed E-state index contributed by atoms with van der Waals surface area (Å²) >= 11 is 1.62. The molecule has 0 saturated carbocycles. The number of hydrogen-bond acceptors (Lipinski definition) is 5. The molecular formula is C8H8N4OS. The van der Waals surface area contributed by atoms with E-state index in [1.165, 1.54) is 11.2 Å². The zero-order valence-corrected chi connectivity index (χ0v) is 8.17. The lowest BCUT2D eigenvalue weighted by Crippen LogP contribution is -2.07. The molecule has 6 heteroatoms. The molecule has 0 saturated heterocycles. The summed E-state index contributed by atoms with van der Waals surface area (Å²) in [7, 11) is 0. The Balaban J connectivity index is 2.04. The molecule has 5 nitrogen and oxygen atoms in total. The van der Waals surface area contributed by atoms with E-state index in [2.05, 4.69) is 20.2 Å². The van der Waals surface area contributed by atoms with E-state index in [4.69, 9.17) is 4.74 Å². The lowest BCUT2D eigenvalue weighted by atomic mass is 10.2. The third-order valence-corrected chi connectivity index (χ3v) is 3.19. The van der Waals surface area contributed by atoms with Gasteiger partial charge in [0, 0.05) is 6.42 Å². The van der Waals surface area contributed by atoms with E-state index in [-0.39, 0.29) is 0 Å². The number of fused-ring (bicyclic) bond motifs is 1. The first-order valence-electron chi connectivity index (χ1n) is 4.35. The quantitative estimate of drug-likeness (QED) is 0.759. The first-order valence-corrected chi connectivity index (χ1v) is 5.17. The Hall–Kier alpha value is -1.27. The Labute approximate surface area is 84.2 Å². The van der Waals surface area contributed by atoms with Crippen LogP contribution in [0.4, 0.5) is 0 Å². The van der Waals surface area contributed by atoms with Gasteiger partial charge in [0.25, 0.3) is 0 Å². The average Bonchev–Trinajstić information content (AvgIpc) is 2.86. The van der Waals surface area contributed by atoms with Gasteiger partial charge >= 0.3 is 0 Å². The van der Waals surface area contributed by atoms with Crippen LogP contribution in [0.2, 0.25) is 0 Å². The topological polar surface area (TPSA) is 63.7 Å². The number of nitrogens with one attached hydrogen (secondary N) is 1. The second kappa shape index (κ2) is 3.14. The highest BCUT2D eigenvalue weighted by Gasteiger charge is 2.17. The van der Waals surface area contributed by atoms with Crippen molar-refractivity contribution < 1.29 is 4.74 Å². The summed E-state index contributed by atoms with van der Waals surface area (Å²) in [4.78, 5) is 9.78. The van der Waals surface area contributed by atoms with Gasteiger partial charge in [0.1, 0.15) is 6.33 Å². The van der Waals surface area contributed by atoms with Crippen LogP contribution in [0.3, 0.4) is 0 Å². The van der Waals surface area contributed by atoms with Crippen molar-refractivity contribution in [3.63, 3.8) is 0 Å². The maximum absolute atomic E-state index is 5.35. The molecule has 0 aliphatic carbocycles. The first-order chi connectivity index (χ1) is 6.93. The largest absolute Gasteiger partial charge is 0.375 e. The SMILES string of the molecule is c1n[nH]c(-c2nc3c(s2)COCC3)n1. The molecule has 0 fully saturated rings. The monoisotopic (exact) mass is 208 g/mol. The Bertz CT molecular complexity index is 413. The summed E-state index contributed by atoms with van der Waals surface area (Å²) in [5.74, 6) is 0.740. The van der Waals surface area contributed by atoms with Gasteiger partial charge in [-0.25, -0.2) is 9.97 Å². The van der Waals surface area contributed by atoms with Crippen LogP contribution in [-0.4, -0.2) is 26.8 Å². The highest BCUT2D eigenvalue weighted by molar-refractivity contribution is 7.15. The molecule has 3 rings (SSSR count). The fourth-order valence-corrected chi connectivity index (χ4v) is 2.43. The Morgan fingerprint density at radius 1 is 1.50 bits per heavy atom. The molecule has 2 aromatic rings. The Morgan fingerprint density at radius 2 is 2.50 bits per heavy atom. The van der Waals surface area contributed by atoms with Crippen LogP contribution in [0, 0.1) is 0 Å². The highest BCUT2D eigenvalue weighted by Crippen LogP contribution is 2.28.